The fraction of sp³-hybridized carbons (Fsp3) is 0.438. The predicted octanol–water partition coefficient (Wildman–Crippen LogP) is 2.14. The third-order valence-corrected chi connectivity index (χ3v) is 4.81. The number of nitrogens with two attached hydrogens (primary N) is 1. The van der Waals surface area contributed by atoms with Gasteiger partial charge >= 0.3 is 0 Å². The van der Waals surface area contributed by atoms with Gasteiger partial charge in [-0.25, -0.2) is 4.98 Å². The van der Waals surface area contributed by atoms with Crippen LogP contribution in [0.5, 0.6) is 0 Å². The van der Waals surface area contributed by atoms with Crippen molar-refractivity contribution in [1.82, 2.24) is 15.5 Å². The van der Waals surface area contributed by atoms with Crippen LogP contribution in [0.2, 0.25) is 0 Å². The lowest BCUT2D eigenvalue weighted by atomic mass is 10.2. The maximum Gasteiger partial charge on any atom is 0.254 e. The van der Waals surface area contributed by atoms with Gasteiger partial charge in [0.1, 0.15) is 10.8 Å². The minimum absolute atomic E-state index is 0.0461. The highest BCUT2D eigenvalue weighted by Gasteiger charge is 2.28. The Labute approximate surface area is 139 Å². The van der Waals surface area contributed by atoms with Crippen LogP contribution < -0.4 is 11.1 Å². The molecule has 1 aliphatic carbocycles. The summed E-state index contributed by atoms with van der Waals surface area (Å²) >= 11 is 1.47. The number of amides is 1. The molecule has 0 aromatic carbocycles. The van der Waals surface area contributed by atoms with Crippen molar-refractivity contribution in [1.29, 1.82) is 0 Å². The second-order valence-electron chi connectivity index (χ2n) is 5.78. The monoisotopic (exact) mass is 332 g/mol. The van der Waals surface area contributed by atoms with E-state index in [4.69, 9.17) is 10.3 Å². The third-order valence-electron chi connectivity index (χ3n) is 3.78. The Morgan fingerprint density at radius 2 is 2.39 bits per heavy atom. The molecule has 1 unspecified atom stereocenters. The van der Waals surface area contributed by atoms with Crippen molar-refractivity contribution >= 4 is 17.7 Å². The van der Waals surface area contributed by atoms with Crippen LogP contribution >= 0.6 is 11.8 Å². The number of hydrogen-bond donors (Lipinski definition) is 2. The number of aryl methyl sites for hydroxylation is 1. The average Bonchev–Trinajstić information content (AvgIpc) is 3.33. The van der Waals surface area contributed by atoms with E-state index in [-0.39, 0.29) is 11.9 Å². The molecule has 1 aliphatic rings. The maximum atomic E-state index is 12.4. The summed E-state index contributed by atoms with van der Waals surface area (Å²) in [6, 6.07) is 5.47. The quantitative estimate of drug-likeness (QED) is 0.755. The fourth-order valence-electron chi connectivity index (χ4n) is 2.30. The summed E-state index contributed by atoms with van der Waals surface area (Å²) in [6.45, 7) is 2.36. The Morgan fingerprint density at radius 3 is 3.09 bits per heavy atom. The number of aromatic nitrogens is 2. The molecule has 0 aliphatic heterocycles. The topological polar surface area (TPSA) is 94.0 Å². The molecule has 3 N–H and O–H groups in total. The molecule has 0 saturated heterocycles. The van der Waals surface area contributed by atoms with Crippen molar-refractivity contribution < 1.29 is 9.32 Å². The Balaban J connectivity index is 1.60. The molecule has 1 fully saturated rings. The van der Waals surface area contributed by atoms with Crippen LogP contribution in [0.15, 0.2) is 33.9 Å². The number of thioether (sulfide) groups is 1. The second kappa shape index (κ2) is 7.14. The number of carbonyl (C=O) groups excluding carboxylic acids is 1. The van der Waals surface area contributed by atoms with E-state index in [1.54, 1.807) is 18.3 Å². The molecule has 2 aromatic rings. The van der Waals surface area contributed by atoms with Crippen molar-refractivity contribution in [3.05, 3.63) is 41.4 Å². The van der Waals surface area contributed by atoms with Gasteiger partial charge in [0.05, 0.1) is 11.3 Å². The first-order valence-corrected chi connectivity index (χ1v) is 8.66. The van der Waals surface area contributed by atoms with Crippen molar-refractivity contribution in [2.24, 2.45) is 11.7 Å². The van der Waals surface area contributed by atoms with E-state index in [2.05, 4.69) is 15.5 Å². The van der Waals surface area contributed by atoms with E-state index < -0.39 is 0 Å². The molecule has 7 heteroatoms. The largest absolute Gasteiger partial charge is 0.361 e. The van der Waals surface area contributed by atoms with Gasteiger partial charge in [-0.05, 0) is 37.8 Å². The third kappa shape index (κ3) is 4.33. The molecular weight excluding hydrogens is 312 g/mol. The molecule has 3 rings (SSSR count). The lowest BCUT2D eigenvalue weighted by Crippen LogP contribution is -2.38. The highest BCUT2D eigenvalue weighted by Crippen LogP contribution is 2.31. The van der Waals surface area contributed by atoms with Gasteiger partial charge < -0.3 is 15.6 Å². The van der Waals surface area contributed by atoms with Gasteiger partial charge in [0.25, 0.3) is 5.91 Å². The summed E-state index contributed by atoms with van der Waals surface area (Å²) in [5, 5.41) is 7.55. The highest BCUT2D eigenvalue weighted by atomic mass is 32.2. The SMILES string of the molecule is Cc1cc(CSc2ncccc2C(=O)NCC(N)C2CC2)no1. The number of hydrogen-bond acceptors (Lipinski definition) is 6. The van der Waals surface area contributed by atoms with Crippen molar-refractivity contribution in [3.8, 4) is 0 Å². The van der Waals surface area contributed by atoms with Crippen LogP contribution in [0.4, 0.5) is 0 Å². The first-order valence-electron chi connectivity index (χ1n) is 7.67. The maximum absolute atomic E-state index is 12.4. The predicted molar refractivity (Wildman–Crippen MR) is 88.1 cm³/mol. The summed E-state index contributed by atoms with van der Waals surface area (Å²) < 4.78 is 5.05. The van der Waals surface area contributed by atoms with Gasteiger partial charge in [0, 0.05) is 30.6 Å². The smallest absolute Gasteiger partial charge is 0.254 e. The highest BCUT2D eigenvalue weighted by molar-refractivity contribution is 7.98. The zero-order chi connectivity index (χ0) is 16.2. The molecule has 23 heavy (non-hydrogen) atoms. The van der Waals surface area contributed by atoms with Crippen LogP contribution in [0.1, 0.15) is 34.7 Å². The minimum Gasteiger partial charge on any atom is -0.361 e. The van der Waals surface area contributed by atoms with Crippen molar-refractivity contribution in [3.63, 3.8) is 0 Å². The van der Waals surface area contributed by atoms with E-state index in [0.29, 0.717) is 28.8 Å². The summed E-state index contributed by atoms with van der Waals surface area (Å²) in [6.07, 6.45) is 4.02. The van der Waals surface area contributed by atoms with E-state index in [9.17, 15) is 4.79 Å². The number of pyridine rings is 1. The Kier molecular flexibility index (Phi) is 4.97. The Bertz CT molecular complexity index is 684. The fourth-order valence-corrected chi connectivity index (χ4v) is 3.18. The van der Waals surface area contributed by atoms with Gasteiger partial charge in [-0.3, -0.25) is 4.79 Å². The van der Waals surface area contributed by atoms with E-state index >= 15 is 0 Å². The molecule has 122 valence electrons. The zero-order valence-corrected chi connectivity index (χ0v) is 13.8. The summed E-state index contributed by atoms with van der Waals surface area (Å²) in [7, 11) is 0. The minimum atomic E-state index is -0.131. The van der Waals surface area contributed by atoms with Crippen molar-refractivity contribution in [2.45, 2.75) is 36.6 Å². The van der Waals surface area contributed by atoms with Crippen LogP contribution in [0.3, 0.4) is 0 Å². The lowest BCUT2D eigenvalue weighted by molar-refractivity contribution is 0.0946. The lowest BCUT2D eigenvalue weighted by Gasteiger charge is -2.12. The summed E-state index contributed by atoms with van der Waals surface area (Å²) in [5.41, 5.74) is 7.43. The molecular formula is C16H20N4O2S. The van der Waals surface area contributed by atoms with Crippen LogP contribution in [0.25, 0.3) is 0 Å². The Morgan fingerprint density at radius 1 is 1.57 bits per heavy atom. The summed E-state index contributed by atoms with van der Waals surface area (Å²) in [4.78, 5) is 16.7. The van der Waals surface area contributed by atoms with E-state index in [1.165, 1.54) is 24.6 Å². The second-order valence-corrected chi connectivity index (χ2v) is 6.75. The van der Waals surface area contributed by atoms with Gasteiger partial charge in [-0.2, -0.15) is 0 Å². The van der Waals surface area contributed by atoms with Crippen LogP contribution in [0, 0.1) is 12.8 Å². The normalized spacial score (nSPS) is 15.4. The first-order chi connectivity index (χ1) is 11.1. The molecule has 0 bridgehead atoms. The molecule has 6 nitrogen and oxygen atoms in total. The van der Waals surface area contributed by atoms with E-state index in [1.807, 2.05) is 13.0 Å². The number of rotatable bonds is 7. The van der Waals surface area contributed by atoms with Crippen LogP contribution in [-0.2, 0) is 5.75 Å². The first kappa shape index (κ1) is 16.0. The molecule has 2 heterocycles. The Hall–Kier alpha value is -1.86. The standard InChI is InChI=1S/C16H20N4O2S/c1-10-7-12(20-22-10)9-23-16-13(3-2-6-18-16)15(21)19-8-14(17)11-4-5-11/h2-3,6-7,11,14H,4-5,8-9,17H2,1H3,(H,19,21). The van der Waals surface area contributed by atoms with Crippen molar-refractivity contribution in [2.75, 3.05) is 6.54 Å². The molecule has 2 aromatic heterocycles. The molecule has 0 radical (unpaired) electrons. The average molecular weight is 332 g/mol. The van der Waals surface area contributed by atoms with Gasteiger partial charge in [-0.15, -0.1) is 0 Å². The van der Waals surface area contributed by atoms with Gasteiger partial charge in [-0.1, -0.05) is 16.9 Å². The van der Waals surface area contributed by atoms with E-state index in [0.717, 1.165) is 11.5 Å². The van der Waals surface area contributed by atoms with Crippen LogP contribution in [-0.4, -0.2) is 28.6 Å². The molecule has 1 amide bonds. The molecule has 1 saturated carbocycles. The zero-order valence-electron chi connectivity index (χ0n) is 13.0. The number of carbonyl (C=O) groups is 1. The van der Waals surface area contributed by atoms with Gasteiger partial charge in [0.15, 0.2) is 0 Å². The molecule has 1 atom stereocenters. The summed E-state index contributed by atoms with van der Waals surface area (Å²) in [5.74, 6) is 1.81. The number of nitrogens with zero attached hydrogens (tertiary/aromatic N) is 2. The van der Waals surface area contributed by atoms with Gasteiger partial charge in [0.2, 0.25) is 0 Å². The number of nitrogens with one attached hydrogen (secondary N) is 1. The molecule has 0 spiro atoms.